The molecule has 0 radical (unpaired) electrons. The molecule has 102 valence electrons. The van der Waals surface area contributed by atoms with E-state index in [0.717, 1.165) is 18.4 Å². The molecule has 18 heavy (non-hydrogen) atoms. The molecule has 1 rings (SSSR count). The zero-order chi connectivity index (χ0) is 13.8. The number of methoxy groups -OCH3 is 1. The summed E-state index contributed by atoms with van der Waals surface area (Å²) in [5.41, 5.74) is 0. The van der Waals surface area contributed by atoms with Crippen molar-refractivity contribution < 1.29 is 22.7 Å². The summed E-state index contributed by atoms with van der Waals surface area (Å²) in [6, 6.07) is 2.38. The van der Waals surface area contributed by atoms with E-state index < -0.39 is 24.7 Å². The smallest absolute Gasteiger partial charge is 0.401 e. The standard InChI is InChI=1S/C11H14F3NO2S/c1-3-7-4-5-8(18-7)9(10(16)17-2)15-6-11(12,13)14/h4-5,9,15H,3,6H2,1-2H3. The van der Waals surface area contributed by atoms with Crippen LogP contribution >= 0.6 is 11.3 Å². The van der Waals surface area contributed by atoms with Crippen LogP contribution in [0.2, 0.25) is 0 Å². The van der Waals surface area contributed by atoms with Gasteiger partial charge in [0.25, 0.3) is 0 Å². The van der Waals surface area contributed by atoms with Gasteiger partial charge in [-0.1, -0.05) is 6.92 Å². The molecule has 0 bridgehead atoms. The third-order valence-electron chi connectivity index (χ3n) is 2.26. The van der Waals surface area contributed by atoms with Gasteiger partial charge >= 0.3 is 12.1 Å². The first-order valence-corrected chi connectivity index (χ1v) is 6.15. The van der Waals surface area contributed by atoms with E-state index in [1.54, 1.807) is 12.1 Å². The van der Waals surface area contributed by atoms with Crippen LogP contribution in [0.3, 0.4) is 0 Å². The fraction of sp³-hybridized carbons (Fsp3) is 0.545. The summed E-state index contributed by atoms with van der Waals surface area (Å²) >= 11 is 1.30. The highest BCUT2D eigenvalue weighted by Crippen LogP contribution is 2.25. The first-order valence-electron chi connectivity index (χ1n) is 5.34. The Morgan fingerprint density at radius 3 is 2.61 bits per heavy atom. The minimum absolute atomic E-state index is 0.531. The zero-order valence-electron chi connectivity index (χ0n) is 10.0. The van der Waals surface area contributed by atoms with Gasteiger partial charge in [0.15, 0.2) is 0 Å². The number of nitrogens with one attached hydrogen (secondary N) is 1. The van der Waals surface area contributed by atoms with E-state index >= 15 is 0 Å². The molecule has 7 heteroatoms. The number of halogens is 3. The van der Waals surface area contributed by atoms with Crippen LogP contribution in [-0.4, -0.2) is 25.8 Å². The van der Waals surface area contributed by atoms with E-state index in [9.17, 15) is 18.0 Å². The third kappa shape index (κ3) is 4.30. The van der Waals surface area contributed by atoms with E-state index in [4.69, 9.17) is 0 Å². The van der Waals surface area contributed by atoms with Gasteiger partial charge in [-0.3, -0.25) is 5.32 Å². The molecule has 1 aromatic rings. The number of rotatable bonds is 5. The number of thiophene rings is 1. The maximum Gasteiger partial charge on any atom is 0.401 e. The Bertz CT molecular complexity index is 403. The number of esters is 1. The van der Waals surface area contributed by atoms with Crippen molar-refractivity contribution in [3.8, 4) is 0 Å². The van der Waals surface area contributed by atoms with Gasteiger partial charge in [0.05, 0.1) is 13.7 Å². The lowest BCUT2D eigenvalue weighted by atomic mass is 10.2. The molecular weight excluding hydrogens is 267 g/mol. The molecule has 0 aromatic carbocycles. The Balaban J connectivity index is 2.81. The molecule has 1 atom stereocenters. The predicted molar refractivity (Wildman–Crippen MR) is 62.5 cm³/mol. The molecule has 3 nitrogen and oxygen atoms in total. The second kappa shape index (κ2) is 6.19. The van der Waals surface area contributed by atoms with Gasteiger partial charge in [-0.15, -0.1) is 11.3 Å². The molecule has 0 aliphatic carbocycles. The summed E-state index contributed by atoms with van der Waals surface area (Å²) in [7, 11) is 1.15. The second-order valence-corrected chi connectivity index (χ2v) is 4.81. The fourth-order valence-electron chi connectivity index (χ4n) is 1.38. The summed E-state index contributed by atoms with van der Waals surface area (Å²) in [5.74, 6) is -0.719. The van der Waals surface area contributed by atoms with Crippen molar-refractivity contribution in [1.29, 1.82) is 0 Å². The Kier molecular flexibility index (Phi) is 5.15. The minimum atomic E-state index is -4.36. The molecule has 0 saturated heterocycles. The number of ether oxygens (including phenoxy) is 1. The van der Waals surface area contributed by atoms with Crippen molar-refractivity contribution in [2.24, 2.45) is 0 Å². The summed E-state index contributed by atoms with van der Waals surface area (Å²) < 4.78 is 41.0. The molecule has 1 N–H and O–H groups in total. The van der Waals surface area contributed by atoms with Crippen molar-refractivity contribution >= 4 is 17.3 Å². The first kappa shape index (κ1) is 15.0. The highest BCUT2D eigenvalue weighted by Gasteiger charge is 2.31. The largest absolute Gasteiger partial charge is 0.468 e. The van der Waals surface area contributed by atoms with Crippen molar-refractivity contribution in [1.82, 2.24) is 5.32 Å². The fourth-order valence-corrected chi connectivity index (χ4v) is 2.39. The van der Waals surface area contributed by atoms with E-state index in [1.807, 2.05) is 6.92 Å². The average molecular weight is 281 g/mol. The van der Waals surface area contributed by atoms with Crippen LogP contribution < -0.4 is 5.32 Å². The lowest BCUT2D eigenvalue weighted by Gasteiger charge is -2.16. The SMILES string of the molecule is CCc1ccc(C(NCC(F)(F)F)C(=O)OC)s1. The number of hydrogen-bond donors (Lipinski definition) is 1. The monoisotopic (exact) mass is 281 g/mol. The van der Waals surface area contributed by atoms with Crippen LogP contribution in [0.5, 0.6) is 0 Å². The molecule has 0 saturated carbocycles. The summed E-state index contributed by atoms with van der Waals surface area (Å²) in [5, 5.41) is 2.17. The van der Waals surface area contributed by atoms with Crippen LogP contribution in [0.25, 0.3) is 0 Å². The van der Waals surface area contributed by atoms with Crippen molar-refractivity contribution in [3.63, 3.8) is 0 Å². The van der Waals surface area contributed by atoms with Gasteiger partial charge in [-0.25, -0.2) is 4.79 Å². The van der Waals surface area contributed by atoms with Crippen LogP contribution in [-0.2, 0) is 16.0 Å². The van der Waals surface area contributed by atoms with Crippen LogP contribution in [0.15, 0.2) is 12.1 Å². The Hall–Kier alpha value is -1.08. The molecule has 1 unspecified atom stereocenters. The van der Waals surface area contributed by atoms with E-state index in [-0.39, 0.29) is 0 Å². The summed E-state index contributed by atoms with van der Waals surface area (Å²) in [4.78, 5) is 13.0. The summed E-state index contributed by atoms with van der Waals surface area (Å²) in [6.45, 7) is 0.706. The molecule has 0 aliphatic heterocycles. The average Bonchev–Trinajstić information content (AvgIpc) is 2.76. The maximum atomic E-state index is 12.2. The normalized spacial score (nSPS) is 13.4. The molecule has 0 fully saturated rings. The number of alkyl halides is 3. The highest BCUT2D eigenvalue weighted by molar-refractivity contribution is 7.12. The number of carbonyl (C=O) groups is 1. The van der Waals surface area contributed by atoms with Crippen LogP contribution in [0.4, 0.5) is 13.2 Å². The van der Waals surface area contributed by atoms with E-state index in [2.05, 4.69) is 10.1 Å². The predicted octanol–water partition coefficient (Wildman–Crippen LogP) is 2.68. The summed E-state index contributed by atoms with van der Waals surface area (Å²) in [6.07, 6.45) is -3.59. The maximum absolute atomic E-state index is 12.2. The van der Waals surface area contributed by atoms with Crippen LogP contribution in [0.1, 0.15) is 22.7 Å². The lowest BCUT2D eigenvalue weighted by Crippen LogP contribution is -2.36. The van der Waals surface area contributed by atoms with Crippen molar-refractivity contribution in [2.75, 3.05) is 13.7 Å². The van der Waals surface area contributed by atoms with Gasteiger partial charge < -0.3 is 4.74 Å². The first-order chi connectivity index (χ1) is 8.37. The molecule has 0 amide bonds. The van der Waals surface area contributed by atoms with Gasteiger partial charge in [0.1, 0.15) is 6.04 Å². The van der Waals surface area contributed by atoms with E-state index in [0.29, 0.717) is 4.88 Å². The lowest BCUT2D eigenvalue weighted by molar-refractivity contribution is -0.146. The van der Waals surface area contributed by atoms with Gasteiger partial charge in [-0.2, -0.15) is 13.2 Å². The molecule has 0 spiro atoms. The van der Waals surface area contributed by atoms with Gasteiger partial charge in [-0.05, 0) is 18.6 Å². The van der Waals surface area contributed by atoms with Crippen LogP contribution in [0, 0.1) is 0 Å². The Morgan fingerprint density at radius 1 is 1.50 bits per heavy atom. The minimum Gasteiger partial charge on any atom is -0.468 e. The van der Waals surface area contributed by atoms with Crippen molar-refractivity contribution in [2.45, 2.75) is 25.6 Å². The number of hydrogen-bond acceptors (Lipinski definition) is 4. The Labute approximate surface area is 107 Å². The molecular formula is C11H14F3NO2S. The second-order valence-electron chi connectivity index (χ2n) is 3.61. The topological polar surface area (TPSA) is 38.3 Å². The molecule has 1 aromatic heterocycles. The highest BCUT2D eigenvalue weighted by atomic mass is 32.1. The third-order valence-corrected chi connectivity index (χ3v) is 3.55. The molecule has 1 heterocycles. The van der Waals surface area contributed by atoms with Crippen molar-refractivity contribution in [3.05, 3.63) is 21.9 Å². The van der Waals surface area contributed by atoms with E-state index in [1.165, 1.54) is 11.3 Å². The number of aryl methyl sites for hydroxylation is 1. The number of carbonyl (C=O) groups excluding carboxylic acids is 1. The Morgan fingerprint density at radius 2 is 2.17 bits per heavy atom. The molecule has 0 aliphatic rings. The quantitative estimate of drug-likeness (QED) is 0.843. The van der Waals surface area contributed by atoms with Gasteiger partial charge in [0.2, 0.25) is 0 Å². The zero-order valence-corrected chi connectivity index (χ0v) is 10.8. The van der Waals surface area contributed by atoms with Gasteiger partial charge in [0, 0.05) is 9.75 Å².